The predicted octanol–water partition coefficient (Wildman–Crippen LogP) is 2.21. The van der Waals surface area contributed by atoms with Crippen molar-refractivity contribution < 1.29 is 9.72 Å². The quantitative estimate of drug-likeness (QED) is 0.671. The van der Waals surface area contributed by atoms with Crippen molar-refractivity contribution in [3.63, 3.8) is 0 Å². The molecule has 21 heavy (non-hydrogen) atoms. The summed E-state index contributed by atoms with van der Waals surface area (Å²) in [7, 11) is 0. The van der Waals surface area contributed by atoms with Crippen LogP contribution >= 0.6 is 11.6 Å². The number of benzene rings is 1. The molecule has 2 fully saturated rings. The van der Waals surface area contributed by atoms with Crippen LogP contribution in [0.3, 0.4) is 0 Å². The molecular formula is C14H16ClN3O3. The lowest BCUT2D eigenvalue weighted by Crippen LogP contribution is -2.39. The van der Waals surface area contributed by atoms with Crippen molar-refractivity contribution in [2.24, 2.45) is 0 Å². The van der Waals surface area contributed by atoms with Crippen LogP contribution in [0.5, 0.6) is 0 Å². The summed E-state index contributed by atoms with van der Waals surface area (Å²) in [4.78, 5) is 24.7. The Bertz CT molecular complexity index is 593. The number of halogens is 1. The summed E-state index contributed by atoms with van der Waals surface area (Å²) in [5, 5.41) is 14.6. The zero-order valence-electron chi connectivity index (χ0n) is 11.4. The minimum atomic E-state index is -0.533. The van der Waals surface area contributed by atoms with Crippen LogP contribution in [0.25, 0.3) is 0 Å². The van der Waals surface area contributed by atoms with Gasteiger partial charge < -0.3 is 10.2 Å². The number of carbonyl (C=O) groups excluding carboxylic acids is 1. The summed E-state index contributed by atoms with van der Waals surface area (Å²) in [6.45, 7) is 1.32. The molecule has 0 spiro atoms. The third kappa shape index (κ3) is 3.01. The molecule has 6 nitrogen and oxygen atoms in total. The second-order valence-electron chi connectivity index (χ2n) is 5.63. The third-order valence-electron chi connectivity index (χ3n) is 4.15. The first-order chi connectivity index (χ1) is 10.0. The van der Waals surface area contributed by atoms with Gasteiger partial charge in [0.25, 0.3) is 11.6 Å². The minimum Gasteiger partial charge on any atom is -0.337 e. The van der Waals surface area contributed by atoms with Gasteiger partial charge in [0.1, 0.15) is 0 Å². The van der Waals surface area contributed by atoms with Gasteiger partial charge in [-0.05, 0) is 25.3 Å². The monoisotopic (exact) mass is 309 g/mol. The maximum absolute atomic E-state index is 12.6. The topological polar surface area (TPSA) is 75.5 Å². The lowest BCUT2D eigenvalue weighted by atomic mass is 10.1. The second-order valence-corrected chi connectivity index (χ2v) is 6.07. The van der Waals surface area contributed by atoms with E-state index in [4.69, 9.17) is 11.6 Å². The van der Waals surface area contributed by atoms with Gasteiger partial charge >= 0.3 is 0 Å². The molecule has 3 rings (SSSR count). The SMILES string of the molecule is O=C(c1cc(Cl)cc([N+](=O)[O-])c1)N1CCC2CCC(C1)N2. The second kappa shape index (κ2) is 5.61. The van der Waals surface area contributed by atoms with Crippen LogP contribution < -0.4 is 5.32 Å². The van der Waals surface area contributed by atoms with E-state index in [1.807, 2.05) is 0 Å². The summed E-state index contributed by atoms with van der Waals surface area (Å²) in [5.41, 5.74) is 0.132. The Labute approximate surface area is 127 Å². The van der Waals surface area contributed by atoms with Gasteiger partial charge in [-0.25, -0.2) is 0 Å². The number of non-ortho nitro benzene ring substituents is 1. The molecule has 1 aromatic carbocycles. The molecule has 2 aliphatic heterocycles. The van der Waals surface area contributed by atoms with E-state index in [-0.39, 0.29) is 22.2 Å². The van der Waals surface area contributed by atoms with Crippen molar-refractivity contribution in [3.8, 4) is 0 Å². The standard InChI is InChI=1S/C14H16ClN3O3/c15-10-5-9(6-13(7-10)18(20)21)14(19)17-4-3-11-1-2-12(8-17)16-11/h5-7,11-12,16H,1-4,8H2. The highest BCUT2D eigenvalue weighted by molar-refractivity contribution is 6.31. The number of likely N-dealkylation sites (tertiary alicyclic amines) is 1. The summed E-state index contributed by atoms with van der Waals surface area (Å²) in [5.74, 6) is -0.185. The average Bonchev–Trinajstić information content (AvgIpc) is 2.77. The molecule has 2 aliphatic rings. The van der Waals surface area contributed by atoms with Crippen LogP contribution in [0.1, 0.15) is 29.6 Å². The van der Waals surface area contributed by atoms with Gasteiger partial charge in [0.05, 0.1) is 4.92 Å². The zero-order valence-corrected chi connectivity index (χ0v) is 12.2. The van der Waals surface area contributed by atoms with Crippen LogP contribution in [0, 0.1) is 10.1 Å². The first-order valence-electron chi connectivity index (χ1n) is 7.03. The Morgan fingerprint density at radius 3 is 2.81 bits per heavy atom. The molecule has 2 bridgehead atoms. The fraction of sp³-hybridized carbons (Fsp3) is 0.500. The number of carbonyl (C=O) groups is 1. The number of amides is 1. The first kappa shape index (κ1) is 14.3. The lowest BCUT2D eigenvalue weighted by Gasteiger charge is -2.24. The highest BCUT2D eigenvalue weighted by Gasteiger charge is 2.31. The predicted molar refractivity (Wildman–Crippen MR) is 78.6 cm³/mol. The number of nitrogens with zero attached hydrogens (tertiary/aromatic N) is 2. The van der Waals surface area contributed by atoms with E-state index >= 15 is 0 Å². The molecule has 112 valence electrons. The minimum absolute atomic E-state index is 0.152. The van der Waals surface area contributed by atoms with Crippen molar-refractivity contribution in [1.29, 1.82) is 0 Å². The number of hydrogen-bond donors (Lipinski definition) is 1. The fourth-order valence-corrected chi connectivity index (χ4v) is 3.34. The Morgan fingerprint density at radius 1 is 1.29 bits per heavy atom. The van der Waals surface area contributed by atoms with Crippen molar-refractivity contribution in [1.82, 2.24) is 10.2 Å². The van der Waals surface area contributed by atoms with E-state index in [9.17, 15) is 14.9 Å². The zero-order chi connectivity index (χ0) is 15.0. The summed E-state index contributed by atoms with van der Waals surface area (Å²) < 4.78 is 0. The molecule has 2 heterocycles. The maximum atomic E-state index is 12.6. The smallest absolute Gasteiger partial charge is 0.271 e. The normalized spacial score (nSPS) is 24.7. The van der Waals surface area contributed by atoms with Gasteiger partial charge in [0, 0.05) is 47.9 Å². The van der Waals surface area contributed by atoms with Gasteiger partial charge in [-0.3, -0.25) is 14.9 Å². The molecule has 0 saturated carbocycles. The highest BCUT2D eigenvalue weighted by Crippen LogP contribution is 2.25. The number of hydrogen-bond acceptors (Lipinski definition) is 4. The van der Waals surface area contributed by atoms with Crippen LogP contribution in [0.4, 0.5) is 5.69 Å². The van der Waals surface area contributed by atoms with E-state index in [1.165, 1.54) is 18.2 Å². The molecule has 2 saturated heterocycles. The Balaban J connectivity index is 1.83. The molecule has 0 aromatic heterocycles. The van der Waals surface area contributed by atoms with Gasteiger partial charge in [-0.1, -0.05) is 11.6 Å². The maximum Gasteiger partial charge on any atom is 0.271 e. The molecule has 2 unspecified atom stereocenters. The number of nitrogens with one attached hydrogen (secondary N) is 1. The van der Waals surface area contributed by atoms with Gasteiger partial charge in [0.15, 0.2) is 0 Å². The number of fused-ring (bicyclic) bond motifs is 2. The van der Waals surface area contributed by atoms with Crippen LogP contribution in [-0.4, -0.2) is 40.9 Å². The van der Waals surface area contributed by atoms with Crippen molar-refractivity contribution in [2.75, 3.05) is 13.1 Å². The van der Waals surface area contributed by atoms with Crippen LogP contribution in [0.2, 0.25) is 5.02 Å². The van der Waals surface area contributed by atoms with Crippen molar-refractivity contribution >= 4 is 23.2 Å². The number of nitro groups is 1. The van der Waals surface area contributed by atoms with Crippen LogP contribution in [-0.2, 0) is 0 Å². The molecule has 1 amide bonds. The number of nitro benzene ring substituents is 1. The first-order valence-corrected chi connectivity index (χ1v) is 7.41. The third-order valence-corrected chi connectivity index (χ3v) is 4.37. The number of rotatable bonds is 2. The Hall–Kier alpha value is -1.66. The van der Waals surface area contributed by atoms with Crippen molar-refractivity contribution in [2.45, 2.75) is 31.3 Å². The Morgan fingerprint density at radius 2 is 2.05 bits per heavy atom. The molecule has 2 atom stereocenters. The summed E-state index contributed by atoms with van der Waals surface area (Å²) in [6.07, 6.45) is 3.16. The largest absolute Gasteiger partial charge is 0.337 e. The molecule has 7 heteroatoms. The molecule has 0 radical (unpaired) electrons. The van der Waals surface area contributed by atoms with E-state index < -0.39 is 4.92 Å². The lowest BCUT2D eigenvalue weighted by molar-refractivity contribution is -0.384. The molecule has 0 aliphatic carbocycles. The van der Waals surface area contributed by atoms with E-state index in [0.717, 1.165) is 19.3 Å². The Kier molecular flexibility index (Phi) is 3.82. The molecule has 1 N–H and O–H groups in total. The van der Waals surface area contributed by atoms with E-state index in [2.05, 4.69) is 5.32 Å². The molecular weight excluding hydrogens is 294 g/mol. The van der Waals surface area contributed by atoms with Crippen LogP contribution in [0.15, 0.2) is 18.2 Å². The van der Waals surface area contributed by atoms with E-state index in [0.29, 0.717) is 25.2 Å². The fourth-order valence-electron chi connectivity index (χ4n) is 3.11. The highest BCUT2D eigenvalue weighted by atomic mass is 35.5. The van der Waals surface area contributed by atoms with E-state index in [1.54, 1.807) is 4.90 Å². The molecule has 1 aromatic rings. The average molecular weight is 310 g/mol. The van der Waals surface area contributed by atoms with Crippen molar-refractivity contribution in [3.05, 3.63) is 38.9 Å². The van der Waals surface area contributed by atoms with Gasteiger partial charge in [0.2, 0.25) is 0 Å². The summed E-state index contributed by atoms with van der Waals surface area (Å²) >= 11 is 5.88. The summed E-state index contributed by atoms with van der Waals surface area (Å²) in [6, 6.07) is 4.86. The van der Waals surface area contributed by atoms with Gasteiger partial charge in [-0.2, -0.15) is 0 Å². The van der Waals surface area contributed by atoms with Gasteiger partial charge in [-0.15, -0.1) is 0 Å².